The monoisotopic (exact) mass is 819 g/mol. The van der Waals surface area contributed by atoms with Gasteiger partial charge < -0.3 is 13.8 Å². The standard InChI is InChI=1S/C26H24P2.2C8H17.Pt/c1-5-13-23(14-6-1)27(24-15-7-2-8-16-24)21-22-28(25-17-9-3-10-18-25)26-19-11-4-12-20-26;2*1-3-5-7-8-6-4-2;/h1-20H,21-22H2;2*1,3-8H2,2H3;/q;2*-1;+2. The van der Waals surface area contributed by atoms with Crippen molar-refractivity contribution in [2.45, 2.75) is 90.9 Å². The van der Waals surface area contributed by atoms with Crippen molar-refractivity contribution in [3.05, 3.63) is 135 Å². The fraction of sp³-hybridized carbons (Fsp3) is 0.381. The van der Waals surface area contributed by atoms with Gasteiger partial charge in [0.1, 0.15) is 0 Å². The Morgan fingerprint density at radius 1 is 0.378 bits per heavy atom. The van der Waals surface area contributed by atoms with Crippen molar-refractivity contribution in [1.29, 1.82) is 0 Å². The molecule has 4 aromatic carbocycles. The van der Waals surface area contributed by atoms with Crippen LogP contribution in [0.2, 0.25) is 0 Å². The Morgan fingerprint density at radius 3 is 0.844 bits per heavy atom. The van der Waals surface area contributed by atoms with Gasteiger partial charge in [0, 0.05) is 0 Å². The molecule has 0 heterocycles. The maximum atomic E-state index is 3.78. The van der Waals surface area contributed by atoms with Gasteiger partial charge in [-0.2, -0.15) is 12.8 Å². The molecule has 0 fully saturated rings. The summed E-state index contributed by atoms with van der Waals surface area (Å²) in [6.07, 6.45) is 18.4. The largest absolute Gasteiger partial charge is 2.00 e. The Bertz CT molecular complexity index is 966. The van der Waals surface area contributed by atoms with Gasteiger partial charge in [-0.15, -0.1) is 0 Å². The molecule has 0 aliphatic rings. The van der Waals surface area contributed by atoms with E-state index in [1.807, 2.05) is 0 Å². The summed E-state index contributed by atoms with van der Waals surface area (Å²) in [6, 6.07) is 44.2. The molecule has 0 spiro atoms. The van der Waals surface area contributed by atoms with Gasteiger partial charge in [-0.05, 0) is 49.4 Å². The Labute approximate surface area is 295 Å². The Hall–Kier alpha value is -1.57. The van der Waals surface area contributed by atoms with Gasteiger partial charge in [0.25, 0.3) is 0 Å². The van der Waals surface area contributed by atoms with Crippen LogP contribution in [0.3, 0.4) is 0 Å². The van der Waals surface area contributed by atoms with Crippen LogP contribution in [0.15, 0.2) is 121 Å². The molecule has 0 saturated carbocycles. The van der Waals surface area contributed by atoms with Crippen LogP contribution in [-0.2, 0) is 21.1 Å². The van der Waals surface area contributed by atoms with Gasteiger partial charge in [-0.3, -0.25) is 0 Å². The first-order valence-electron chi connectivity index (χ1n) is 17.1. The van der Waals surface area contributed by atoms with Crippen LogP contribution in [-0.4, -0.2) is 12.3 Å². The number of unbranched alkanes of at least 4 members (excludes halogenated alkanes) is 10. The molecule has 45 heavy (non-hydrogen) atoms. The van der Waals surface area contributed by atoms with Crippen molar-refractivity contribution in [2.24, 2.45) is 0 Å². The Kier molecular flexibility index (Phi) is 26.4. The van der Waals surface area contributed by atoms with Crippen molar-refractivity contribution in [2.75, 3.05) is 12.3 Å². The summed E-state index contributed by atoms with van der Waals surface area (Å²) in [5.41, 5.74) is 0. The quantitative estimate of drug-likeness (QED) is 0.0566. The SMILES string of the molecule is [CH2-]CCCCCCC.[CH2-]CCCCCCC.[Pt+2].c1ccc(P(CCP(c2ccccc2)c2ccccc2)c2ccccc2)cc1. The minimum absolute atomic E-state index is 0. The molecule has 246 valence electrons. The molecule has 4 aromatic rings. The minimum atomic E-state index is -0.348. The summed E-state index contributed by atoms with van der Waals surface area (Å²) >= 11 is 0. The van der Waals surface area contributed by atoms with Crippen molar-refractivity contribution in [1.82, 2.24) is 0 Å². The van der Waals surface area contributed by atoms with Crippen LogP contribution in [0.5, 0.6) is 0 Å². The molecule has 4 rings (SSSR count). The average molecular weight is 820 g/mol. The molecule has 0 radical (unpaired) electrons. The first-order chi connectivity index (χ1) is 21.7. The van der Waals surface area contributed by atoms with Crippen LogP contribution >= 0.6 is 15.8 Å². The fourth-order valence-corrected chi connectivity index (χ4v) is 10.4. The van der Waals surface area contributed by atoms with E-state index in [1.165, 1.54) is 97.8 Å². The summed E-state index contributed by atoms with van der Waals surface area (Å²) in [5, 5.41) is 5.89. The van der Waals surface area contributed by atoms with E-state index in [2.05, 4.69) is 149 Å². The predicted octanol–water partition coefficient (Wildman–Crippen LogP) is 11.6. The molecule has 0 bridgehead atoms. The zero-order chi connectivity index (χ0) is 31.5. The van der Waals surface area contributed by atoms with Gasteiger partial charge in [0.05, 0.1) is 0 Å². The molecular formula is C42H58P2Pt. The van der Waals surface area contributed by atoms with E-state index in [-0.39, 0.29) is 36.9 Å². The average Bonchev–Trinajstić information content (AvgIpc) is 3.09. The number of rotatable bonds is 17. The second-order valence-electron chi connectivity index (χ2n) is 11.2. The van der Waals surface area contributed by atoms with Gasteiger partial charge in [0.15, 0.2) is 0 Å². The maximum Gasteiger partial charge on any atom is 2.00 e. The summed E-state index contributed by atoms with van der Waals surface area (Å²) < 4.78 is 0. The summed E-state index contributed by atoms with van der Waals surface area (Å²) in [7, 11) is -0.696. The molecule has 0 atom stereocenters. The minimum Gasteiger partial charge on any atom is -0.343 e. The third-order valence-corrected chi connectivity index (χ3v) is 12.9. The number of benzene rings is 4. The molecule has 0 aliphatic carbocycles. The van der Waals surface area contributed by atoms with E-state index in [0.717, 1.165) is 12.8 Å². The molecule has 0 N–H and O–H groups in total. The summed E-state index contributed by atoms with van der Waals surface area (Å²) in [5.74, 6) is 0. The van der Waals surface area contributed by atoms with Gasteiger partial charge in [-0.1, -0.05) is 199 Å². The van der Waals surface area contributed by atoms with E-state index in [9.17, 15) is 0 Å². The Balaban J connectivity index is 0.000000495. The van der Waals surface area contributed by atoms with E-state index >= 15 is 0 Å². The van der Waals surface area contributed by atoms with Gasteiger partial charge >= 0.3 is 21.1 Å². The van der Waals surface area contributed by atoms with E-state index in [1.54, 1.807) is 0 Å². The molecule has 0 aromatic heterocycles. The van der Waals surface area contributed by atoms with E-state index in [0.29, 0.717) is 0 Å². The molecular weight excluding hydrogens is 761 g/mol. The maximum absolute atomic E-state index is 3.78. The second-order valence-corrected chi connectivity index (χ2v) is 15.9. The van der Waals surface area contributed by atoms with Crippen molar-refractivity contribution in [3.8, 4) is 0 Å². The number of hydrogen-bond donors (Lipinski definition) is 0. The predicted molar refractivity (Wildman–Crippen MR) is 205 cm³/mol. The first kappa shape index (κ1) is 41.5. The summed E-state index contributed by atoms with van der Waals surface area (Å²) in [4.78, 5) is 0. The van der Waals surface area contributed by atoms with Crippen molar-refractivity contribution < 1.29 is 21.1 Å². The molecule has 0 aliphatic heterocycles. The fourth-order valence-electron chi connectivity index (χ4n) is 5.01. The molecule has 0 nitrogen and oxygen atoms in total. The third kappa shape index (κ3) is 18.4. The summed E-state index contributed by atoms with van der Waals surface area (Å²) in [6.45, 7) is 12.0. The second kappa shape index (κ2) is 28.6. The van der Waals surface area contributed by atoms with Crippen LogP contribution in [0.25, 0.3) is 0 Å². The van der Waals surface area contributed by atoms with Crippen LogP contribution in [0, 0.1) is 13.8 Å². The molecule has 0 amide bonds. The van der Waals surface area contributed by atoms with E-state index in [4.69, 9.17) is 0 Å². The zero-order valence-electron chi connectivity index (χ0n) is 28.1. The molecule has 0 unspecified atom stereocenters. The molecule has 0 saturated heterocycles. The van der Waals surface area contributed by atoms with Crippen LogP contribution in [0.4, 0.5) is 0 Å². The zero-order valence-corrected chi connectivity index (χ0v) is 32.1. The third-order valence-electron chi connectivity index (χ3n) is 7.53. The molecule has 3 heteroatoms. The van der Waals surface area contributed by atoms with E-state index < -0.39 is 0 Å². The van der Waals surface area contributed by atoms with Gasteiger partial charge in [-0.25, -0.2) is 0 Å². The smallest absolute Gasteiger partial charge is 0.343 e. The van der Waals surface area contributed by atoms with Gasteiger partial charge in [0.2, 0.25) is 0 Å². The number of hydrogen-bond acceptors (Lipinski definition) is 0. The van der Waals surface area contributed by atoms with Crippen LogP contribution in [0.1, 0.15) is 90.9 Å². The topological polar surface area (TPSA) is 0 Å². The van der Waals surface area contributed by atoms with Crippen molar-refractivity contribution in [3.63, 3.8) is 0 Å². The van der Waals surface area contributed by atoms with Crippen molar-refractivity contribution >= 4 is 37.1 Å². The first-order valence-corrected chi connectivity index (χ1v) is 20.1. The Morgan fingerprint density at radius 2 is 0.622 bits per heavy atom. The van der Waals surface area contributed by atoms with Crippen LogP contribution < -0.4 is 21.2 Å². The normalized spacial score (nSPS) is 10.4.